The molecular formula is C33H28N4O4. The molecule has 1 saturated heterocycles. The van der Waals surface area contributed by atoms with Crippen molar-refractivity contribution in [3.05, 3.63) is 126 Å². The summed E-state index contributed by atoms with van der Waals surface area (Å²) in [4.78, 5) is 49.9. The topological polar surface area (TPSA) is 93.5 Å². The molecule has 2 aliphatic heterocycles. The molecule has 1 N–H and O–H groups in total. The van der Waals surface area contributed by atoms with Crippen LogP contribution in [0.25, 0.3) is 0 Å². The molecule has 6 rings (SSSR count). The van der Waals surface area contributed by atoms with E-state index in [4.69, 9.17) is 0 Å². The van der Waals surface area contributed by atoms with E-state index in [1.54, 1.807) is 17.2 Å². The first kappa shape index (κ1) is 26.0. The Morgan fingerprint density at radius 2 is 1.32 bits per heavy atom. The average Bonchev–Trinajstić information content (AvgIpc) is 3.18. The van der Waals surface area contributed by atoms with Gasteiger partial charge in [0, 0.05) is 24.9 Å². The summed E-state index contributed by atoms with van der Waals surface area (Å²) >= 11 is 0. The van der Waals surface area contributed by atoms with Crippen molar-refractivity contribution in [3.63, 3.8) is 0 Å². The molecule has 8 heteroatoms. The minimum atomic E-state index is -1.23. The fourth-order valence-electron chi connectivity index (χ4n) is 5.54. The molecule has 0 aliphatic carbocycles. The Morgan fingerprint density at radius 1 is 0.732 bits per heavy atom. The molecule has 1 atom stereocenters. The summed E-state index contributed by atoms with van der Waals surface area (Å²) in [6.45, 7) is 0.154. The number of piperazine rings is 1. The van der Waals surface area contributed by atoms with Crippen LogP contribution in [0.3, 0.4) is 0 Å². The number of para-hydroxylation sites is 3. The van der Waals surface area contributed by atoms with Crippen molar-refractivity contribution in [2.24, 2.45) is 4.99 Å². The zero-order chi connectivity index (χ0) is 28.3. The second kappa shape index (κ2) is 11.1. The number of aliphatic carboxylic acids is 1. The number of anilines is 2. The lowest BCUT2D eigenvalue weighted by atomic mass is 9.89. The van der Waals surface area contributed by atoms with Gasteiger partial charge in [0.25, 0.3) is 0 Å². The van der Waals surface area contributed by atoms with E-state index in [9.17, 15) is 19.5 Å². The van der Waals surface area contributed by atoms with Crippen molar-refractivity contribution >= 4 is 41.2 Å². The van der Waals surface area contributed by atoms with E-state index in [0.717, 1.165) is 16.7 Å². The van der Waals surface area contributed by atoms with E-state index in [-0.39, 0.29) is 25.5 Å². The fraction of sp³-hybridized carbons (Fsp3) is 0.152. The van der Waals surface area contributed by atoms with Gasteiger partial charge < -0.3 is 14.9 Å². The van der Waals surface area contributed by atoms with Crippen molar-refractivity contribution < 1.29 is 19.5 Å². The largest absolute Gasteiger partial charge is 0.480 e. The summed E-state index contributed by atoms with van der Waals surface area (Å²) in [5.74, 6) is -1.95. The molecule has 8 nitrogen and oxygen atoms in total. The highest BCUT2D eigenvalue weighted by Gasteiger charge is 2.42. The van der Waals surface area contributed by atoms with Crippen LogP contribution in [0.4, 0.5) is 21.9 Å². The van der Waals surface area contributed by atoms with Gasteiger partial charge in [-0.25, -0.2) is 9.59 Å². The number of carbonyl (C=O) groups excluding carboxylic acids is 2. The van der Waals surface area contributed by atoms with Gasteiger partial charge in [-0.05, 0) is 29.3 Å². The summed E-state index contributed by atoms with van der Waals surface area (Å²) in [7, 11) is 0. The van der Waals surface area contributed by atoms with Gasteiger partial charge in [0.2, 0.25) is 5.91 Å². The Balaban J connectivity index is 1.32. The number of aliphatic imine (C=N–C) groups is 1. The van der Waals surface area contributed by atoms with Crippen LogP contribution in [0.1, 0.15) is 22.6 Å². The number of urea groups is 1. The maximum atomic E-state index is 14.2. The first-order valence-corrected chi connectivity index (χ1v) is 13.5. The summed E-state index contributed by atoms with van der Waals surface area (Å²) in [6, 6.07) is 31.9. The van der Waals surface area contributed by atoms with Crippen molar-refractivity contribution in [1.29, 1.82) is 0 Å². The van der Waals surface area contributed by atoms with Crippen molar-refractivity contribution in [2.45, 2.75) is 12.0 Å². The molecule has 0 aromatic heterocycles. The maximum absolute atomic E-state index is 14.2. The van der Waals surface area contributed by atoms with E-state index >= 15 is 0 Å². The summed E-state index contributed by atoms with van der Waals surface area (Å²) in [6.07, 6.45) is 1.71. The van der Waals surface area contributed by atoms with Crippen LogP contribution in [0.2, 0.25) is 0 Å². The van der Waals surface area contributed by atoms with Crippen molar-refractivity contribution in [1.82, 2.24) is 9.80 Å². The number of fused-ring (bicyclic) bond motifs is 2. The third-order valence-corrected chi connectivity index (χ3v) is 7.57. The van der Waals surface area contributed by atoms with E-state index < -0.39 is 24.0 Å². The smallest absolute Gasteiger partial charge is 0.330 e. The van der Waals surface area contributed by atoms with Gasteiger partial charge in [0.1, 0.15) is 6.04 Å². The Kier molecular flexibility index (Phi) is 7.04. The minimum absolute atomic E-state index is 0.0690. The molecule has 4 aromatic rings. The van der Waals surface area contributed by atoms with Gasteiger partial charge in [0.05, 0.1) is 29.5 Å². The van der Waals surface area contributed by atoms with E-state index in [1.165, 1.54) is 9.80 Å². The normalized spacial score (nSPS) is 16.1. The number of nitrogens with zero attached hydrogens (tertiary/aromatic N) is 4. The molecule has 1 fully saturated rings. The number of rotatable bonds is 4. The quantitative estimate of drug-likeness (QED) is 0.370. The number of carboxylic acid groups (broad SMARTS) is 1. The summed E-state index contributed by atoms with van der Waals surface area (Å²) < 4.78 is 0. The number of benzene rings is 4. The highest BCUT2D eigenvalue weighted by Crippen LogP contribution is 2.39. The average molecular weight is 545 g/mol. The van der Waals surface area contributed by atoms with Gasteiger partial charge >= 0.3 is 12.0 Å². The fourth-order valence-corrected chi connectivity index (χ4v) is 5.54. The lowest BCUT2D eigenvalue weighted by Crippen LogP contribution is -2.61. The van der Waals surface area contributed by atoms with E-state index in [0.29, 0.717) is 17.1 Å². The Hall–Kier alpha value is -5.24. The molecule has 0 radical (unpaired) electrons. The molecule has 0 spiro atoms. The predicted molar refractivity (Wildman–Crippen MR) is 157 cm³/mol. The number of carbonyl (C=O) groups is 3. The Bertz CT molecular complexity index is 1530. The molecular weight excluding hydrogens is 516 g/mol. The Labute approximate surface area is 237 Å². The highest BCUT2D eigenvalue weighted by molar-refractivity contribution is 6.09. The van der Waals surface area contributed by atoms with Crippen LogP contribution in [0.15, 0.2) is 114 Å². The van der Waals surface area contributed by atoms with E-state index in [2.05, 4.69) is 4.99 Å². The number of hydrogen-bond acceptors (Lipinski definition) is 4. The van der Waals surface area contributed by atoms with Gasteiger partial charge in [0.15, 0.2) is 0 Å². The zero-order valence-electron chi connectivity index (χ0n) is 22.2. The zero-order valence-corrected chi connectivity index (χ0v) is 22.2. The minimum Gasteiger partial charge on any atom is -0.480 e. The SMILES string of the molecule is O=C(O)[C@@H]1CN(C(=O)C(c2ccccc2)c2ccccc2)CCN1C(=O)N1c2ccccc2C=Nc2ccccc21. The van der Waals surface area contributed by atoms with Crippen LogP contribution in [-0.2, 0) is 9.59 Å². The second-order valence-electron chi connectivity index (χ2n) is 10.0. The predicted octanol–water partition coefficient (Wildman–Crippen LogP) is 5.44. The van der Waals surface area contributed by atoms with Crippen LogP contribution in [-0.4, -0.2) is 64.7 Å². The third-order valence-electron chi connectivity index (χ3n) is 7.57. The van der Waals surface area contributed by atoms with Crippen LogP contribution in [0, 0.1) is 0 Å². The molecule has 41 heavy (non-hydrogen) atoms. The molecule has 0 unspecified atom stereocenters. The summed E-state index contributed by atoms with van der Waals surface area (Å²) in [5.41, 5.74) is 4.17. The lowest BCUT2D eigenvalue weighted by molar-refractivity contribution is -0.146. The highest BCUT2D eigenvalue weighted by atomic mass is 16.4. The first-order chi connectivity index (χ1) is 20.0. The Morgan fingerprint density at radius 3 is 1.98 bits per heavy atom. The molecule has 0 bridgehead atoms. The van der Waals surface area contributed by atoms with Gasteiger partial charge in [-0.1, -0.05) is 91.0 Å². The summed E-state index contributed by atoms with van der Waals surface area (Å²) in [5, 5.41) is 10.3. The monoisotopic (exact) mass is 544 g/mol. The molecule has 3 amide bonds. The van der Waals surface area contributed by atoms with Gasteiger partial charge in [-0.15, -0.1) is 0 Å². The standard InChI is InChI=1S/C33H28N4O4/c38-31(30(23-11-3-1-4-12-23)24-13-5-2-6-14-24)35-19-20-36(29(22-35)32(39)40)33(41)37-27-17-9-7-15-25(27)21-34-26-16-8-10-18-28(26)37/h1-18,21,29-30H,19-20,22H2,(H,39,40)/t29-/m0/s1. The van der Waals surface area contributed by atoms with E-state index in [1.807, 2.05) is 103 Å². The van der Waals surface area contributed by atoms with Gasteiger partial charge in [-0.2, -0.15) is 0 Å². The van der Waals surface area contributed by atoms with Crippen LogP contribution >= 0.6 is 0 Å². The van der Waals surface area contributed by atoms with Crippen molar-refractivity contribution in [2.75, 3.05) is 24.5 Å². The number of amides is 3. The van der Waals surface area contributed by atoms with Crippen LogP contribution in [0.5, 0.6) is 0 Å². The second-order valence-corrected chi connectivity index (χ2v) is 10.0. The molecule has 4 aromatic carbocycles. The molecule has 0 saturated carbocycles. The molecule has 204 valence electrons. The number of hydrogen-bond donors (Lipinski definition) is 1. The lowest BCUT2D eigenvalue weighted by Gasteiger charge is -2.42. The molecule has 2 aliphatic rings. The number of carboxylic acids is 1. The molecule has 2 heterocycles. The maximum Gasteiger partial charge on any atom is 0.330 e. The van der Waals surface area contributed by atoms with Crippen molar-refractivity contribution in [3.8, 4) is 0 Å². The third kappa shape index (κ3) is 4.96. The van der Waals surface area contributed by atoms with Crippen LogP contribution < -0.4 is 4.90 Å². The van der Waals surface area contributed by atoms with Gasteiger partial charge in [-0.3, -0.25) is 14.7 Å². The first-order valence-electron chi connectivity index (χ1n) is 13.5.